The second kappa shape index (κ2) is 18.2. The van der Waals surface area contributed by atoms with Crippen LogP contribution in [0.5, 0.6) is 0 Å². The maximum Gasteiger partial charge on any atom is 0.242 e. The lowest BCUT2D eigenvalue weighted by molar-refractivity contribution is -0.136. The number of amides is 3. The molecule has 11 heteroatoms. The van der Waals surface area contributed by atoms with Crippen molar-refractivity contribution in [2.75, 3.05) is 59.3 Å². The summed E-state index contributed by atoms with van der Waals surface area (Å²) < 4.78 is 16.3. The zero-order valence-electron chi connectivity index (χ0n) is 18.9. The Labute approximate surface area is 203 Å². The Bertz CT molecular complexity index is 592. The summed E-state index contributed by atoms with van der Waals surface area (Å²) in [4.78, 5) is 47.5. The summed E-state index contributed by atoms with van der Waals surface area (Å²) in [6.45, 7) is 6.14. The smallest absolute Gasteiger partial charge is 0.242 e. The maximum absolute atomic E-state index is 12.1. The van der Waals surface area contributed by atoms with Crippen molar-refractivity contribution in [3.8, 4) is 0 Å². The van der Waals surface area contributed by atoms with Crippen LogP contribution in [0.3, 0.4) is 0 Å². The summed E-state index contributed by atoms with van der Waals surface area (Å²) in [7, 11) is 0. The molecular weight excluding hydrogens is 533 g/mol. The molecule has 0 spiro atoms. The summed E-state index contributed by atoms with van der Waals surface area (Å²) >= 11 is 1.68. The first-order valence-corrected chi connectivity index (χ1v) is 12.2. The van der Waals surface area contributed by atoms with Gasteiger partial charge in [0.1, 0.15) is 6.04 Å². The van der Waals surface area contributed by atoms with E-state index in [0.717, 1.165) is 12.8 Å². The molecular formula is C21H36IN3O7. The number of halogens is 1. The molecule has 0 radical (unpaired) electrons. The van der Waals surface area contributed by atoms with Crippen LogP contribution >= 0.6 is 22.6 Å². The minimum absolute atomic E-state index is 0.0159. The van der Waals surface area contributed by atoms with E-state index in [2.05, 4.69) is 10.6 Å². The molecule has 2 N–H and O–H groups in total. The van der Waals surface area contributed by atoms with Crippen LogP contribution < -0.4 is 10.6 Å². The van der Waals surface area contributed by atoms with E-state index in [9.17, 15) is 19.2 Å². The molecule has 0 bridgehead atoms. The van der Waals surface area contributed by atoms with Gasteiger partial charge in [-0.3, -0.25) is 19.2 Å². The molecule has 1 atom stereocenters. The van der Waals surface area contributed by atoms with Gasteiger partial charge in [0.25, 0.3) is 0 Å². The molecule has 184 valence electrons. The fourth-order valence-electron chi connectivity index (χ4n) is 3.16. The highest BCUT2D eigenvalue weighted by Crippen LogP contribution is 2.17. The molecule has 1 saturated heterocycles. The highest BCUT2D eigenvalue weighted by Gasteiger charge is 2.31. The Morgan fingerprint density at radius 3 is 2.00 bits per heavy atom. The second-order valence-electron chi connectivity index (χ2n) is 7.41. The Hall–Kier alpha value is -1.31. The van der Waals surface area contributed by atoms with Gasteiger partial charge < -0.3 is 29.7 Å². The van der Waals surface area contributed by atoms with Gasteiger partial charge in [-0.15, -0.1) is 0 Å². The van der Waals surface area contributed by atoms with Gasteiger partial charge in [-0.1, -0.05) is 0 Å². The van der Waals surface area contributed by atoms with Crippen LogP contribution in [0.4, 0.5) is 0 Å². The van der Waals surface area contributed by atoms with Crippen LogP contribution in [0.25, 0.3) is 0 Å². The van der Waals surface area contributed by atoms with E-state index >= 15 is 0 Å². The van der Waals surface area contributed by atoms with E-state index in [1.165, 1.54) is 6.92 Å². The third-order valence-corrected chi connectivity index (χ3v) is 5.34. The first kappa shape index (κ1) is 28.7. The Morgan fingerprint density at radius 1 is 0.875 bits per heavy atom. The van der Waals surface area contributed by atoms with Crippen molar-refractivity contribution in [2.45, 2.75) is 51.5 Å². The molecule has 3 amide bonds. The molecule has 0 saturated carbocycles. The van der Waals surface area contributed by atoms with E-state index in [4.69, 9.17) is 14.2 Å². The number of hydrogen-bond acceptors (Lipinski definition) is 7. The van der Waals surface area contributed by atoms with Crippen LogP contribution in [0.1, 0.15) is 45.4 Å². The van der Waals surface area contributed by atoms with Gasteiger partial charge in [0.05, 0.1) is 26.4 Å². The molecule has 0 aromatic heterocycles. The van der Waals surface area contributed by atoms with Crippen molar-refractivity contribution >= 4 is 44.1 Å². The van der Waals surface area contributed by atoms with Crippen LogP contribution in [-0.4, -0.2) is 91.7 Å². The number of rotatable bonds is 18. The number of ether oxygens (including phenoxy) is 3. The molecule has 1 aliphatic heterocycles. The fourth-order valence-corrected chi connectivity index (χ4v) is 3.43. The predicted octanol–water partition coefficient (Wildman–Crippen LogP) is 0.802. The minimum Gasteiger partial charge on any atom is -0.379 e. The zero-order chi connectivity index (χ0) is 23.6. The molecule has 32 heavy (non-hydrogen) atoms. The summed E-state index contributed by atoms with van der Waals surface area (Å²) in [6, 6.07) is -0.333. The SMILES string of the molecule is CC(=O)N1CCCC1C(=O)NCCCOCCOCCOCCCNC(=O)CCC(=O)I. The zero-order valence-corrected chi connectivity index (χ0v) is 21.0. The van der Waals surface area contributed by atoms with E-state index in [-0.39, 0.29) is 40.4 Å². The quantitative estimate of drug-likeness (QED) is 0.142. The first-order valence-electron chi connectivity index (χ1n) is 11.1. The van der Waals surface area contributed by atoms with E-state index in [0.29, 0.717) is 72.1 Å². The van der Waals surface area contributed by atoms with Crippen LogP contribution in [0.2, 0.25) is 0 Å². The summed E-state index contributed by atoms with van der Waals surface area (Å²) in [5, 5.41) is 5.61. The van der Waals surface area contributed by atoms with Crippen molar-refractivity contribution in [3.63, 3.8) is 0 Å². The number of hydrogen-bond donors (Lipinski definition) is 2. The van der Waals surface area contributed by atoms with E-state index in [1.54, 1.807) is 27.5 Å². The third-order valence-electron chi connectivity index (χ3n) is 4.80. The molecule has 0 aromatic carbocycles. The summed E-state index contributed by atoms with van der Waals surface area (Å²) in [5.41, 5.74) is 0. The topological polar surface area (TPSA) is 123 Å². The number of nitrogens with one attached hydrogen (secondary N) is 2. The number of likely N-dealkylation sites (tertiary alicyclic amines) is 1. The van der Waals surface area contributed by atoms with Gasteiger partial charge in [0.2, 0.25) is 17.7 Å². The van der Waals surface area contributed by atoms with Crippen molar-refractivity contribution in [1.82, 2.24) is 15.5 Å². The normalized spacial score (nSPS) is 15.6. The number of nitrogens with zero attached hydrogens (tertiary/aromatic N) is 1. The second-order valence-corrected chi connectivity index (χ2v) is 8.61. The molecule has 1 fully saturated rings. The monoisotopic (exact) mass is 569 g/mol. The summed E-state index contributed by atoms with van der Waals surface area (Å²) in [6.07, 6.45) is 3.49. The van der Waals surface area contributed by atoms with Crippen LogP contribution in [-0.2, 0) is 33.4 Å². The van der Waals surface area contributed by atoms with Crippen molar-refractivity contribution < 1.29 is 33.4 Å². The molecule has 1 rings (SSSR count). The van der Waals surface area contributed by atoms with E-state index in [1.807, 2.05) is 0 Å². The lowest BCUT2D eigenvalue weighted by Gasteiger charge is -2.22. The molecule has 1 unspecified atom stereocenters. The van der Waals surface area contributed by atoms with Gasteiger partial charge in [0.15, 0.2) is 3.79 Å². The van der Waals surface area contributed by atoms with Crippen molar-refractivity contribution in [3.05, 3.63) is 0 Å². The Morgan fingerprint density at radius 2 is 1.44 bits per heavy atom. The molecule has 0 aromatic rings. The Kier molecular flexibility index (Phi) is 16.3. The van der Waals surface area contributed by atoms with Gasteiger partial charge >= 0.3 is 0 Å². The molecule has 1 aliphatic rings. The lowest BCUT2D eigenvalue weighted by atomic mass is 10.2. The summed E-state index contributed by atoms with van der Waals surface area (Å²) in [5.74, 6) is -0.257. The lowest BCUT2D eigenvalue weighted by Crippen LogP contribution is -2.45. The molecule has 1 heterocycles. The fraction of sp³-hybridized carbons (Fsp3) is 0.810. The van der Waals surface area contributed by atoms with Gasteiger partial charge in [-0.2, -0.15) is 0 Å². The maximum atomic E-state index is 12.1. The minimum atomic E-state index is -0.333. The molecule has 0 aliphatic carbocycles. The van der Waals surface area contributed by atoms with Gasteiger partial charge in [-0.25, -0.2) is 0 Å². The third kappa shape index (κ3) is 14.0. The van der Waals surface area contributed by atoms with Crippen LogP contribution in [0, 0.1) is 0 Å². The largest absolute Gasteiger partial charge is 0.379 e. The standard InChI is InChI=1S/C21H36IN3O7/c1-17(26)25-10-2-5-18(25)21(29)24-9-4-12-31-14-16-32-15-13-30-11-3-8-23-20(28)7-6-19(22)27/h18H,2-16H2,1H3,(H,23,28)(H,24,29). The predicted molar refractivity (Wildman–Crippen MR) is 126 cm³/mol. The average molecular weight is 569 g/mol. The van der Waals surface area contributed by atoms with Gasteiger partial charge in [0, 0.05) is 52.6 Å². The van der Waals surface area contributed by atoms with Crippen molar-refractivity contribution in [1.29, 1.82) is 0 Å². The molecule has 10 nitrogen and oxygen atoms in total. The highest BCUT2D eigenvalue weighted by atomic mass is 127. The average Bonchev–Trinajstić information content (AvgIpc) is 3.25. The Balaban J connectivity index is 1.82. The number of carbonyl (C=O) groups is 4. The van der Waals surface area contributed by atoms with Crippen molar-refractivity contribution in [2.24, 2.45) is 0 Å². The number of carbonyl (C=O) groups excluding carboxylic acids is 4. The van der Waals surface area contributed by atoms with Crippen LogP contribution in [0.15, 0.2) is 0 Å². The first-order chi connectivity index (χ1) is 15.4. The van der Waals surface area contributed by atoms with E-state index < -0.39 is 0 Å². The highest BCUT2D eigenvalue weighted by molar-refractivity contribution is 14.1. The van der Waals surface area contributed by atoms with Gasteiger partial charge in [-0.05, 0) is 48.3 Å².